The van der Waals surface area contributed by atoms with Gasteiger partial charge >= 0.3 is 0 Å². The Labute approximate surface area is 104 Å². The number of pyridine rings is 1. The average molecular weight is 230 g/mol. The first-order chi connectivity index (χ1) is 8.04. The molecule has 1 aromatic heterocycles. The van der Waals surface area contributed by atoms with E-state index in [-0.39, 0.29) is 0 Å². The van der Waals surface area contributed by atoms with E-state index in [1.165, 1.54) is 23.7 Å². The zero-order chi connectivity index (χ0) is 12.3. The van der Waals surface area contributed by atoms with Gasteiger partial charge in [0.1, 0.15) is 0 Å². The van der Waals surface area contributed by atoms with E-state index >= 15 is 0 Å². The molecule has 2 rings (SSSR count). The van der Waals surface area contributed by atoms with Gasteiger partial charge < -0.3 is 4.48 Å². The molecule has 0 aliphatic rings. The second-order valence-electron chi connectivity index (χ2n) is 5.68. The van der Waals surface area contributed by atoms with Crippen LogP contribution in [0.2, 0.25) is 0 Å². The van der Waals surface area contributed by atoms with Crippen LogP contribution in [-0.4, -0.2) is 32.2 Å². The second kappa shape index (κ2) is 4.84. The topological polar surface area (TPSA) is 3.88 Å². The summed E-state index contributed by atoms with van der Waals surface area (Å²) in [5.41, 5.74) is 0. The molecule has 0 saturated carbocycles. The Balaban J connectivity index is 2.04. The van der Waals surface area contributed by atoms with Crippen molar-refractivity contribution in [2.24, 2.45) is 0 Å². The summed E-state index contributed by atoms with van der Waals surface area (Å²) < 4.78 is 3.33. The fourth-order valence-electron chi connectivity index (χ4n) is 2.04. The van der Waals surface area contributed by atoms with Crippen LogP contribution >= 0.6 is 0 Å². The molecule has 0 saturated heterocycles. The van der Waals surface area contributed by atoms with Crippen LogP contribution in [0.5, 0.6) is 0 Å². The van der Waals surface area contributed by atoms with Gasteiger partial charge in [0.25, 0.3) is 0 Å². The molecule has 17 heavy (non-hydrogen) atoms. The van der Waals surface area contributed by atoms with Crippen molar-refractivity contribution in [3.8, 4) is 0 Å². The molecule has 0 aliphatic heterocycles. The van der Waals surface area contributed by atoms with Crippen LogP contribution < -0.4 is 4.57 Å². The zero-order valence-corrected chi connectivity index (χ0v) is 11.1. The fourth-order valence-corrected chi connectivity index (χ4v) is 2.04. The Morgan fingerprint density at radius 3 is 2.41 bits per heavy atom. The molecule has 0 N–H and O–H groups in total. The lowest BCUT2D eigenvalue weighted by atomic mass is 10.2. The van der Waals surface area contributed by atoms with E-state index in [0.717, 1.165) is 11.0 Å². The highest BCUT2D eigenvalue weighted by molar-refractivity contribution is 5.80. The molecule has 2 aromatic rings. The number of nitrogens with zero attached hydrogens (tertiary/aromatic N) is 2. The minimum Gasteiger partial charge on any atom is -0.331 e. The number of fused-ring (bicyclic) bond motifs is 1. The third-order valence-corrected chi connectivity index (χ3v) is 2.99. The van der Waals surface area contributed by atoms with Gasteiger partial charge in [0, 0.05) is 11.5 Å². The van der Waals surface area contributed by atoms with E-state index in [1.807, 2.05) is 0 Å². The maximum Gasteiger partial charge on any atom is 0.176 e. The predicted octanol–water partition coefficient (Wildman–Crippen LogP) is 2.22. The molecule has 0 atom stereocenters. The number of aryl methyl sites for hydroxylation is 1. The summed E-state index contributed by atoms with van der Waals surface area (Å²) in [4.78, 5) is 0. The quantitative estimate of drug-likeness (QED) is 0.560. The first kappa shape index (κ1) is 12.1. The van der Waals surface area contributed by atoms with Crippen LogP contribution in [0.4, 0.5) is 0 Å². The van der Waals surface area contributed by atoms with Crippen molar-refractivity contribution in [1.29, 1.82) is 0 Å². The highest BCUT2D eigenvalue weighted by atomic mass is 15.3. The SMILES string of the molecule is C[N+](C)(C)CCC[n+]1ccc2ccccc2c1. The van der Waals surface area contributed by atoms with E-state index in [4.69, 9.17) is 0 Å². The van der Waals surface area contributed by atoms with Crippen molar-refractivity contribution in [2.45, 2.75) is 13.0 Å². The van der Waals surface area contributed by atoms with Gasteiger partial charge in [-0.25, -0.2) is 4.57 Å². The first-order valence-electron chi connectivity index (χ1n) is 6.23. The van der Waals surface area contributed by atoms with Crippen LogP contribution in [0.15, 0.2) is 42.7 Å². The zero-order valence-electron chi connectivity index (χ0n) is 11.1. The first-order valence-corrected chi connectivity index (χ1v) is 6.23. The number of aromatic nitrogens is 1. The maximum absolute atomic E-state index is 2.29. The molecule has 0 bridgehead atoms. The third kappa shape index (κ3) is 3.53. The average Bonchev–Trinajstić information content (AvgIpc) is 2.27. The molecule has 1 heterocycles. The molecule has 0 unspecified atom stereocenters. The number of benzene rings is 1. The highest BCUT2D eigenvalue weighted by Gasteiger charge is 2.09. The van der Waals surface area contributed by atoms with E-state index in [1.54, 1.807) is 0 Å². The summed E-state index contributed by atoms with van der Waals surface area (Å²) in [7, 11) is 6.72. The van der Waals surface area contributed by atoms with Gasteiger partial charge in [0.05, 0.1) is 34.1 Å². The van der Waals surface area contributed by atoms with Gasteiger partial charge in [-0.3, -0.25) is 0 Å². The standard InChI is InChI=1S/C15H22N2/c1-17(2,3)12-6-10-16-11-9-14-7-4-5-8-15(14)13-16/h4-5,7-9,11,13H,6,10,12H2,1-3H3/q+2. The minimum absolute atomic E-state index is 1.04. The van der Waals surface area contributed by atoms with E-state index < -0.39 is 0 Å². The van der Waals surface area contributed by atoms with Crippen molar-refractivity contribution in [1.82, 2.24) is 0 Å². The summed E-state index contributed by atoms with van der Waals surface area (Å²) in [6.07, 6.45) is 5.63. The Kier molecular flexibility index (Phi) is 3.43. The van der Waals surface area contributed by atoms with Gasteiger partial charge in [0.2, 0.25) is 0 Å². The van der Waals surface area contributed by atoms with E-state index in [2.05, 4.69) is 68.4 Å². The molecule has 2 nitrogen and oxygen atoms in total. The summed E-state index contributed by atoms with van der Waals surface area (Å²) in [5.74, 6) is 0. The Morgan fingerprint density at radius 2 is 1.71 bits per heavy atom. The van der Waals surface area contributed by atoms with Crippen molar-refractivity contribution < 1.29 is 9.05 Å². The fraction of sp³-hybridized carbons (Fsp3) is 0.400. The van der Waals surface area contributed by atoms with Gasteiger partial charge in [-0.1, -0.05) is 18.2 Å². The molecule has 1 aromatic carbocycles. The normalized spacial score (nSPS) is 11.9. The smallest absolute Gasteiger partial charge is 0.176 e. The minimum atomic E-state index is 1.04. The molecule has 0 amide bonds. The Hall–Kier alpha value is -1.41. The molecule has 0 radical (unpaired) electrons. The largest absolute Gasteiger partial charge is 0.331 e. The molecular formula is C15H22N2+2. The molecule has 2 heteroatoms. The van der Waals surface area contributed by atoms with Gasteiger partial charge in [-0.2, -0.15) is 0 Å². The lowest BCUT2D eigenvalue weighted by molar-refractivity contribution is -0.873. The second-order valence-corrected chi connectivity index (χ2v) is 5.68. The van der Waals surface area contributed by atoms with Crippen molar-refractivity contribution in [3.63, 3.8) is 0 Å². The number of hydrogen-bond acceptors (Lipinski definition) is 0. The van der Waals surface area contributed by atoms with Gasteiger partial charge in [-0.15, -0.1) is 0 Å². The van der Waals surface area contributed by atoms with Gasteiger partial charge in [-0.05, 0) is 11.5 Å². The summed E-state index contributed by atoms with van der Waals surface area (Å²) >= 11 is 0. The lowest BCUT2D eigenvalue weighted by Crippen LogP contribution is -2.39. The van der Waals surface area contributed by atoms with Crippen LogP contribution in [0.3, 0.4) is 0 Å². The van der Waals surface area contributed by atoms with Crippen LogP contribution in [0, 0.1) is 0 Å². The molecule has 90 valence electrons. The Morgan fingerprint density at radius 1 is 1.00 bits per heavy atom. The Bertz CT molecular complexity index is 497. The van der Waals surface area contributed by atoms with Crippen LogP contribution in [0.1, 0.15) is 6.42 Å². The molecule has 0 spiro atoms. The summed E-state index contributed by atoms with van der Waals surface area (Å²) in [6.45, 7) is 2.31. The summed E-state index contributed by atoms with van der Waals surface area (Å²) in [6, 6.07) is 10.7. The van der Waals surface area contributed by atoms with E-state index in [0.29, 0.717) is 0 Å². The molecular weight excluding hydrogens is 208 g/mol. The van der Waals surface area contributed by atoms with Gasteiger partial charge in [0.15, 0.2) is 18.9 Å². The van der Waals surface area contributed by atoms with Crippen molar-refractivity contribution in [3.05, 3.63) is 42.7 Å². The highest BCUT2D eigenvalue weighted by Crippen LogP contribution is 2.09. The maximum atomic E-state index is 2.29. The predicted molar refractivity (Wildman–Crippen MR) is 71.7 cm³/mol. The molecule has 0 fully saturated rings. The third-order valence-electron chi connectivity index (χ3n) is 2.99. The number of hydrogen-bond donors (Lipinski definition) is 0. The summed E-state index contributed by atoms with van der Waals surface area (Å²) in [5, 5.41) is 2.63. The van der Waals surface area contributed by atoms with Crippen LogP contribution in [-0.2, 0) is 6.54 Å². The van der Waals surface area contributed by atoms with Crippen LogP contribution in [0.25, 0.3) is 10.8 Å². The van der Waals surface area contributed by atoms with Crippen molar-refractivity contribution >= 4 is 10.8 Å². The number of quaternary nitrogens is 1. The van der Waals surface area contributed by atoms with Crippen molar-refractivity contribution in [2.75, 3.05) is 27.7 Å². The molecule has 0 aliphatic carbocycles. The number of rotatable bonds is 4. The van der Waals surface area contributed by atoms with E-state index in [9.17, 15) is 0 Å². The lowest BCUT2D eigenvalue weighted by Gasteiger charge is -2.22. The monoisotopic (exact) mass is 230 g/mol.